The number of carbonyl (C=O) groups excluding carboxylic acids is 1. The monoisotopic (exact) mass is 214 g/mol. The van der Waals surface area contributed by atoms with Crippen LogP contribution in [0.5, 0.6) is 5.75 Å². The number of carbonyl (C=O) groups is 1. The van der Waals surface area contributed by atoms with Gasteiger partial charge in [-0.15, -0.1) is 0 Å². The highest BCUT2D eigenvalue weighted by molar-refractivity contribution is 8.21. The van der Waals surface area contributed by atoms with Gasteiger partial charge in [-0.2, -0.15) is 0 Å². The Morgan fingerprint density at radius 3 is 3.08 bits per heavy atom. The van der Waals surface area contributed by atoms with Crippen LogP contribution in [-0.2, 0) is 0 Å². The molecule has 0 fully saturated rings. The van der Waals surface area contributed by atoms with Crippen LogP contribution in [0.2, 0.25) is 0 Å². The molecule has 13 heavy (non-hydrogen) atoms. The molecule has 0 spiro atoms. The Bertz CT molecular complexity index is 351. The molecule has 2 rings (SSSR count). The Hall–Kier alpha value is -0.670. The minimum atomic E-state index is 0.146. The Morgan fingerprint density at radius 1 is 1.46 bits per heavy atom. The number of ketones is 1. The molecular weight excluding hydrogens is 208 g/mol. The van der Waals surface area contributed by atoms with Crippen molar-refractivity contribution >= 4 is 27.4 Å². The highest BCUT2D eigenvalue weighted by Crippen LogP contribution is 2.31. The van der Waals surface area contributed by atoms with E-state index in [4.69, 9.17) is 15.4 Å². The summed E-state index contributed by atoms with van der Waals surface area (Å²) in [5, 5.41) is 0. The molecule has 0 bridgehead atoms. The lowest BCUT2D eigenvalue weighted by Crippen LogP contribution is -2.14. The maximum absolute atomic E-state index is 11.4. The minimum absolute atomic E-state index is 0.146. The maximum Gasteiger partial charge on any atom is 0.169 e. The second-order valence-electron chi connectivity index (χ2n) is 2.76. The van der Waals surface area contributed by atoms with Crippen molar-refractivity contribution in [3.8, 4) is 5.75 Å². The number of halogens is 1. The fourth-order valence-corrected chi connectivity index (χ4v) is 1.85. The smallest absolute Gasteiger partial charge is 0.169 e. The first-order valence-electron chi connectivity index (χ1n) is 3.90. The second-order valence-corrected chi connectivity index (χ2v) is 3.85. The third kappa shape index (κ3) is 1.67. The molecule has 0 aliphatic carbocycles. The lowest BCUT2D eigenvalue weighted by molar-refractivity contribution is 0.0933. The van der Waals surface area contributed by atoms with Crippen molar-refractivity contribution in [2.75, 3.05) is 6.61 Å². The van der Waals surface area contributed by atoms with Crippen LogP contribution in [0.3, 0.4) is 0 Å². The van der Waals surface area contributed by atoms with Crippen molar-refractivity contribution < 1.29 is 9.53 Å². The molecule has 1 aromatic carbocycles. The third-order valence-electron chi connectivity index (χ3n) is 1.93. The zero-order valence-electron chi connectivity index (χ0n) is 6.75. The third-order valence-corrected chi connectivity index (χ3v) is 2.90. The number of ether oxygens (including phenoxy) is 1. The fraction of sp³-hybridized carbons (Fsp3) is 0.222. The van der Waals surface area contributed by atoms with E-state index in [2.05, 4.69) is 0 Å². The van der Waals surface area contributed by atoms with Gasteiger partial charge in [-0.25, -0.2) is 0 Å². The van der Waals surface area contributed by atoms with E-state index < -0.39 is 0 Å². The zero-order chi connectivity index (χ0) is 9.26. The highest BCUT2D eigenvalue weighted by Gasteiger charge is 2.18. The fourth-order valence-electron chi connectivity index (χ4n) is 1.29. The minimum Gasteiger partial charge on any atom is -0.492 e. The van der Waals surface area contributed by atoms with E-state index in [1.807, 2.05) is 6.07 Å². The van der Waals surface area contributed by atoms with E-state index >= 15 is 0 Å². The Labute approximate surface area is 84.7 Å². The first-order valence-corrected chi connectivity index (χ1v) is 5.54. The molecular formula is C9H7ClO2S. The summed E-state index contributed by atoms with van der Waals surface area (Å²) in [5.74, 6) is 0.800. The van der Waals surface area contributed by atoms with Gasteiger partial charge in [-0.3, -0.25) is 4.79 Å². The molecule has 1 aromatic rings. The van der Waals surface area contributed by atoms with Gasteiger partial charge in [0.2, 0.25) is 0 Å². The van der Waals surface area contributed by atoms with Gasteiger partial charge in [0.1, 0.15) is 5.75 Å². The number of hydrogen-bond acceptors (Lipinski definition) is 3. The van der Waals surface area contributed by atoms with Crippen LogP contribution in [-0.4, -0.2) is 12.4 Å². The summed E-state index contributed by atoms with van der Waals surface area (Å²) in [6, 6.07) is 5.38. The summed E-state index contributed by atoms with van der Waals surface area (Å²) >= 11 is 0. The molecule has 2 nitrogen and oxygen atoms in total. The van der Waals surface area contributed by atoms with Gasteiger partial charge in [-0.05, 0) is 39.9 Å². The first kappa shape index (κ1) is 8.91. The first-order chi connectivity index (χ1) is 6.31. The normalized spacial score (nSPS) is 15.0. The zero-order valence-corrected chi connectivity index (χ0v) is 8.32. The molecule has 1 heterocycles. The summed E-state index contributed by atoms with van der Waals surface area (Å²) in [4.78, 5) is 12.3. The van der Waals surface area contributed by atoms with Crippen LogP contribution >= 0.6 is 21.7 Å². The van der Waals surface area contributed by atoms with Gasteiger partial charge in [0.25, 0.3) is 0 Å². The summed E-state index contributed by atoms with van der Waals surface area (Å²) in [6.45, 7) is 0.474. The van der Waals surface area contributed by atoms with Crippen LogP contribution in [0.15, 0.2) is 23.1 Å². The van der Waals surface area contributed by atoms with Crippen molar-refractivity contribution in [3.05, 3.63) is 23.8 Å². The lowest BCUT2D eigenvalue weighted by atomic mass is 10.1. The molecule has 4 heteroatoms. The Morgan fingerprint density at radius 2 is 2.31 bits per heavy atom. The predicted molar refractivity (Wildman–Crippen MR) is 52.6 cm³/mol. The number of benzene rings is 1. The van der Waals surface area contributed by atoms with Crippen molar-refractivity contribution in [3.63, 3.8) is 0 Å². The number of fused-ring (bicyclic) bond motifs is 1. The Kier molecular flexibility index (Phi) is 2.47. The van der Waals surface area contributed by atoms with Gasteiger partial charge in [0, 0.05) is 11.3 Å². The molecule has 0 radical (unpaired) electrons. The summed E-state index contributed by atoms with van der Waals surface area (Å²) in [7, 11) is 6.71. The van der Waals surface area contributed by atoms with Crippen LogP contribution in [0.25, 0.3) is 0 Å². The van der Waals surface area contributed by atoms with Crippen molar-refractivity contribution in [2.45, 2.75) is 11.3 Å². The quantitative estimate of drug-likeness (QED) is 0.719. The van der Waals surface area contributed by atoms with Crippen LogP contribution in [0.1, 0.15) is 16.8 Å². The van der Waals surface area contributed by atoms with Crippen molar-refractivity contribution in [1.82, 2.24) is 0 Å². The molecule has 0 unspecified atom stereocenters. The van der Waals surface area contributed by atoms with E-state index in [-0.39, 0.29) is 5.78 Å². The van der Waals surface area contributed by atoms with Crippen molar-refractivity contribution in [1.29, 1.82) is 0 Å². The molecule has 0 amide bonds. The van der Waals surface area contributed by atoms with E-state index in [1.165, 1.54) is 0 Å². The molecule has 0 aromatic heterocycles. The molecule has 1 aliphatic heterocycles. The number of hydrogen-bond donors (Lipinski definition) is 0. The van der Waals surface area contributed by atoms with E-state index in [0.29, 0.717) is 24.3 Å². The molecule has 0 atom stereocenters. The van der Waals surface area contributed by atoms with E-state index in [0.717, 1.165) is 15.9 Å². The average Bonchev–Trinajstić information content (AvgIpc) is 2.18. The topological polar surface area (TPSA) is 26.3 Å². The number of rotatable bonds is 1. The van der Waals surface area contributed by atoms with Gasteiger partial charge in [0.15, 0.2) is 5.78 Å². The summed E-state index contributed by atoms with van der Waals surface area (Å²) in [5.41, 5.74) is 0.667. The summed E-state index contributed by atoms with van der Waals surface area (Å²) in [6.07, 6.45) is 0.473. The standard InChI is InChI=1S/C9H7ClO2S/c10-13-6-1-2-7-8(11)3-4-12-9(7)5-6/h1-2,5H,3-4H2. The van der Waals surface area contributed by atoms with Crippen LogP contribution in [0.4, 0.5) is 0 Å². The molecule has 68 valence electrons. The van der Waals surface area contributed by atoms with E-state index in [9.17, 15) is 4.79 Å². The second kappa shape index (κ2) is 3.60. The average molecular weight is 215 g/mol. The predicted octanol–water partition coefficient (Wildman–Crippen LogP) is 2.90. The summed E-state index contributed by atoms with van der Waals surface area (Å²) < 4.78 is 5.34. The Balaban J connectivity index is 2.45. The molecule has 0 N–H and O–H groups in total. The number of Topliss-reactive ketones (excluding diaryl/α,β-unsaturated/α-hetero) is 1. The van der Waals surface area contributed by atoms with Crippen molar-refractivity contribution in [2.24, 2.45) is 0 Å². The SMILES string of the molecule is O=C1CCOc2cc(SCl)ccc21. The van der Waals surface area contributed by atoms with Gasteiger partial charge in [-0.1, -0.05) is 0 Å². The lowest BCUT2D eigenvalue weighted by Gasteiger charge is -2.16. The molecule has 0 saturated carbocycles. The largest absolute Gasteiger partial charge is 0.492 e. The molecule has 1 aliphatic rings. The highest BCUT2D eigenvalue weighted by atomic mass is 35.7. The van der Waals surface area contributed by atoms with Gasteiger partial charge >= 0.3 is 0 Å². The van der Waals surface area contributed by atoms with Gasteiger partial charge in [0.05, 0.1) is 12.2 Å². The van der Waals surface area contributed by atoms with Crippen LogP contribution in [0, 0.1) is 0 Å². The maximum atomic E-state index is 11.4. The van der Waals surface area contributed by atoms with E-state index in [1.54, 1.807) is 12.1 Å². The van der Waals surface area contributed by atoms with Gasteiger partial charge < -0.3 is 4.74 Å². The van der Waals surface area contributed by atoms with Crippen LogP contribution < -0.4 is 4.74 Å². The molecule has 0 saturated heterocycles.